The van der Waals surface area contributed by atoms with Gasteiger partial charge in [0.25, 0.3) is 0 Å². The third-order valence-electron chi connectivity index (χ3n) is 4.56. The molecule has 1 aliphatic rings. The van der Waals surface area contributed by atoms with Gasteiger partial charge in [-0.15, -0.1) is 11.8 Å². The molecule has 0 bridgehead atoms. The summed E-state index contributed by atoms with van der Waals surface area (Å²) in [6.07, 6.45) is 5.70. The van der Waals surface area contributed by atoms with Gasteiger partial charge >= 0.3 is 0 Å². The maximum absolute atomic E-state index is 5.11. The van der Waals surface area contributed by atoms with Gasteiger partial charge in [-0.1, -0.05) is 35.5 Å². The summed E-state index contributed by atoms with van der Waals surface area (Å²) in [4.78, 5) is 15.8. The van der Waals surface area contributed by atoms with Crippen molar-refractivity contribution in [1.29, 1.82) is 0 Å². The topological polar surface area (TPSA) is 67.9 Å². The SMILES string of the molecule is Cc1nc(C2CCN(c3cncc(SCc4ccccc4)n3)CC2)no1. The molecule has 7 heteroatoms. The predicted octanol–water partition coefficient (Wildman–Crippen LogP) is 3.84. The molecule has 2 aromatic heterocycles. The zero-order valence-corrected chi connectivity index (χ0v) is 15.5. The second-order valence-electron chi connectivity index (χ2n) is 6.42. The number of aryl methyl sites for hydroxylation is 1. The molecule has 0 unspecified atom stereocenters. The maximum atomic E-state index is 5.11. The average Bonchev–Trinajstić information content (AvgIpc) is 3.14. The second kappa shape index (κ2) is 7.86. The van der Waals surface area contributed by atoms with Gasteiger partial charge in [-0.05, 0) is 18.4 Å². The van der Waals surface area contributed by atoms with Gasteiger partial charge in [0.2, 0.25) is 5.89 Å². The minimum absolute atomic E-state index is 0.368. The number of hydrogen-bond acceptors (Lipinski definition) is 7. The van der Waals surface area contributed by atoms with Crippen molar-refractivity contribution < 1.29 is 4.52 Å². The van der Waals surface area contributed by atoms with Gasteiger partial charge in [0.15, 0.2) is 5.82 Å². The Balaban J connectivity index is 1.36. The van der Waals surface area contributed by atoms with Gasteiger partial charge in [-0.2, -0.15) is 4.98 Å². The van der Waals surface area contributed by atoms with E-state index in [0.29, 0.717) is 11.8 Å². The van der Waals surface area contributed by atoms with Crippen LogP contribution in [0.3, 0.4) is 0 Å². The summed E-state index contributed by atoms with van der Waals surface area (Å²) in [5.41, 5.74) is 1.29. The molecule has 3 aromatic rings. The Hall–Kier alpha value is -2.41. The van der Waals surface area contributed by atoms with E-state index < -0.39 is 0 Å². The van der Waals surface area contributed by atoms with E-state index >= 15 is 0 Å². The number of nitrogens with zero attached hydrogens (tertiary/aromatic N) is 5. The molecule has 0 aliphatic carbocycles. The summed E-state index contributed by atoms with van der Waals surface area (Å²) in [7, 11) is 0. The van der Waals surface area contributed by atoms with Crippen LogP contribution in [0.5, 0.6) is 0 Å². The summed E-state index contributed by atoms with van der Waals surface area (Å²) < 4.78 is 5.11. The third-order valence-corrected chi connectivity index (χ3v) is 5.53. The van der Waals surface area contributed by atoms with Crippen molar-refractivity contribution in [3.63, 3.8) is 0 Å². The number of hydrogen-bond donors (Lipinski definition) is 0. The molecule has 1 saturated heterocycles. The van der Waals surface area contributed by atoms with E-state index in [9.17, 15) is 0 Å². The molecular formula is C19H21N5OS. The highest BCUT2D eigenvalue weighted by Gasteiger charge is 2.25. The lowest BCUT2D eigenvalue weighted by molar-refractivity contribution is 0.375. The number of anilines is 1. The molecule has 1 fully saturated rings. The number of thioether (sulfide) groups is 1. The molecule has 0 spiro atoms. The van der Waals surface area contributed by atoms with Gasteiger partial charge in [0, 0.05) is 31.7 Å². The van der Waals surface area contributed by atoms with Gasteiger partial charge in [0.1, 0.15) is 10.8 Å². The largest absolute Gasteiger partial charge is 0.355 e. The molecular weight excluding hydrogens is 346 g/mol. The first-order valence-corrected chi connectivity index (χ1v) is 9.80. The molecule has 1 aliphatic heterocycles. The molecule has 0 saturated carbocycles. The van der Waals surface area contributed by atoms with Crippen LogP contribution in [0.25, 0.3) is 0 Å². The molecule has 6 nitrogen and oxygen atoms in total. The number of rotatable bonds is 5. The van der Waals surface area contributed by atoms with E-state index in [2.05, 4.69) is 44.3 Å². The molecule has 1 aromatic carbocycles. The lowest BCUT2D eigenvalue weighted by atomic mass is 9.96. The van der Waals surface area contributed by atoms with Crippen molar-refractivity contribution in [3.05, 3.63) is 60.0 Å². The lowest BCUT2D eigenvalue weighted by Gasteiger charge is -2.31. The van der Waals surface area contributed by atoms with E-state index in [1.807, 2.05) is 25.4 Å². The zero-order chi connectivity index (χ0) is 17.8. The normalized spacial score (nSPS) is 15.3. The fourth-order valence-corrected chi connectivity index (χ4v) is 3.94. The Morgan fingerprint density at radius 3 is 2.65 bits per heavy atom. The van der Waals surface area contributed by atoms with Crippen LogP contribution in [0.2, 0.25) is 0 Å². The number of benzene rings is 1. The summed E-state index contributed by atoms with van der Waals surface area (Å²) in [5.74, 6) is 3.69. The Morgan fingerprint density at radius 1 is 1.12 bits per heavy atom. The van der Waals surface area contributed by atoms with Crippen molar-refractivity contribution in [3.8, 4) is 0 Å². The maximum Gasteiger partial charge on any atom is 0.223 e. The van der Waals surface area contributed by atoms with Gasteiger partial charge < -0.3 is 9.42 Å². The van der Waals surface area contributed by atoms with E-state index in [1.165, 1.54) is 5.56 Å². The zero-order valence-electron chi connectivity index (χ0n) is 14.7. The Morgan fingerprint density at radius 2 is 1.92 bits per heavy atom. The van der Waals surface area contributed by atoms with Gasteiger partial charge in [0.05, 0.1) is 12.4 Å². The highest BCUT2D eigenvalue weighted by atomic mass is 32.2. The molecule has 0 radical (unpaired) electrons. The van der Waals surface area contributed by atoms with Crippen LogP contribution in [0.15, 0.2) is 52.3 Å². The molecule has 0 atom stereocenters. The summed E-state index contributed by atoms with van der Waals surface area (Å²) in [6, 6.07) is 10.4. The highest BCUT2D eigenvalue weighted by molar-refractivity contribution is 7.98. The Labute approximate surface area is 157 Å². The van der Waals surface area contributed by atoms with Crippen LogP contribution in [0.4, 0.5) is 5.82 Å². The first-order valence-electron chi connectivity index (χ1n) is 8.82. The quantitative estimate of drug-likeness (QED) is 0.635. The van der Waals surface area contributed by atoms with E-state index in [-0.39, 0.29) is 0 Å². The Kier molecular flexibility index (Phi) is 5.15. The average molecular weight is 367 g/mol. The minimum atomic E-state index is 0.368. The first-order chi connectivity index (χ1) is 12.8. The van der Waals surface area contributed by atoms with E-state index in [4.69, 9.17) is 9.51 Å². The van der Waals surface area contributed by atoms with E-state index in [1.54, 1.807) is 11.8 Å². The van der Waals surface area contributed by atoms with Crippen molar-refractivity contribution in [2.75, 3.05) is 18.0 Å². The van der Waals surface area contributed by atoms with Gasteiger partial charge in [-0.25, -0.2) is 4.98 Å². The van der Waals surface area contributed by atoms with Crippen molar-refractivity contribution in [1.82, 2.24) is 20.1 Å². The molecule has 0 amide bonds. The highest BCUT2D eigenvalue weighted by Crippen LogP contribution is 2.29. The van der Waals surface area contributed by atoms with Crippen LogP contribution in [-0.4, -0.2) is 33.2 Å². The van der Waals surface area contributed by atoms with Crippen molar-refractivity contribution in [2.24, 2.45) is 0 Å². The second-order valence-corrected chi connectivity index (χ2v) is 7.42. The predicted molar refractivity (Wildman–Crippen MR) is 101 cm³/mol. The number of aromatic nitrogens is 4. The number of piperidine rings is 1. The molecule has 134 valence electrons. The van der Waals surface area contributed by atoms with E-state index in [0.717, 1.165) is 48.4 Å². The van der Waals surface area contributed by atoms with Crippen LogP contribution in [0.1, 0.15) is 36.0 Å². The first kappa shape index (κ1) is 17.0. The summed E-state index contributed by atoms with van der Waals surface area (Å²) >= 11 is 1.72. The fourth-order valence-electron chi connectivity index (χ4n) is 3.14. The van der Waals surface area contributed by atoms with Crippen molar-refractivity contribution in [2.45, 2.75) is 36.5 Å². The third kappa shape index (κ3) is 4.04. The summed E-state index contributed by atoms with van der Waals surface area (Å²) in [5, 5.41) is 5.03. The minimum Gasteiger partial charge on any atom is -0.355 e. The standard InChI is InChI=1S/C19H21N5OS/c1-14-21-19(23-25-14)16-7-9-24(10-8-16)17-11-20-12-18(22-17)26-13-15-5-3-2-4-6-15/h2-6,11-12,16H,7-10,13H2,1H3. The molecule has 4 rings (SSSR count). The van der Waals surface area contributed by atoms with Crippen molar-refractivity contribution >= 4 is 17.6 Å². The van der Waals surface area contributed by atoms with Crippen LogP contribution < -0.4 is 4.90 Å². The van der Waals surface area contributed by atoms with Gasteiger partial charge in [-0.3, -0.25) is 4.98 Å². The lowest BCUT2D eigenvalue weighted by Crippen LogP contribution is -2.33. The van der Waals surface area contributed by atoms with Crippen LogP contribution in [0, 0.1) is 6.92 Å². The fraction of sp³-hybridized carbons (Fsp3) is 0.368. The van der Waals surface area contributed by atoms with Crippen LogP contribution >= 0.6 is 11.8 Å². The van der Waals surface area contributed by atoms with Crippen LogP contribution in [-0.2, 0) is 5.75 Å². The molecule has 3 heterocycles. The summed E-state index contributed by atoms with van der Waals surface area (Å²) in [6.45, 7) is 3.69. The monoisotopic (exact) mass is 367 g/mol. The smallest absolute Gasteiger partial charge is 0.223 e. The molecule has 0 N–H and O–H groups in total. The Bertz CT molecular complexity index is 846. The molecule has 26 heavy (non-hydrogen) atoms.